The Kier molecular flexibility index (Phi) is 4.47. The molecule has 28 heavy (non-hydrogen) atoms. The summed E-state index contributed by atoms with van der Waals surface area (Å²) in [4.78, 5) is 27.0. The number of hydrogen-bond acceptors (Lipinski definition) is 6. The Morgan fingerprint density at radius 2 is 1.82 bits per heavy atom. The van der Waals surface area contributed by atoms with Gasteiger partial charge in [0.15, 0.2) is 18.3 Å². The number of aliphatic hydroxyl groups is 1. The quantitative estimate of drug-likeness (QED) is 0.513. The average Bonchev–Trinajstić information content (AvgIpc) is 3.21. The first-order valence-electron chi connectivity index (χ1n) is 8.51. The van der Waals surface area contributed by atoms with E-state index in [1.165, 1.54) is 6.20 Å². The summed E-state index contributed by atoms with van der Waals surface area (Å²) >= 11 is 0. The van der Waals surface area contributed by atoms with E-state index in [2.05, 4.69) is 4.98 Å². The van der Waals surface area contributed by atoms with Gasteiger partial charge in [-0.15, -0.1) is 0 Å². The van der Waals surface area contributed by atoms with Gasteiger partial charge in [-0.1, -0.05) is 24.3 Å². The Labute approximate surface area is 159 Å². The molecule has 0 saturated heterocycles. The van der Waals surface area contributed by atoms with E-state index in [1.54, 1.807) is 48.5 Å². The van der Waals surface area contributed by atoms with Crippen LogP contribution in [0.1, 0.15) is 26.3 Å². The van der Waals surface area contributed by atoms with Gasteiger partial charge >= 0.3 is 0 Å². The zero-order valence-electron chi connectivity index (χ0n) is 14.6. The Morgan fingerprint density at radius 3 is 2.57 bits per heavy atom. The van der Waals surface area contributed by atoms with Crippen LogP contribution in [0.2, 0.25) is 0 Å². The average molecular weight is 373 g/mol. The van der Waals surface area contributed by atoms with Crippen LogP contribution in [-0.4, -0.2) is 27.8 Å². The third-order valence-corrected chi connectivity index (χ3v) is 4.65. The molecular formula is C22H15NO5. The van der Waals surface area contributed by atoms with E-state index in [-0.39, 0.29) is 23.5 Å². The number of oxazole rings is 1. The highest BCUT2D eigenvalue weighted by Gasteiger charge is 2.16. The molecule has 0 spiro atoms. The number of aromatic hydroxyl groups is 1. The summed E-state index contributed by atoms with van der Waals surface area (Å²) in [6.07, 6.45) is 2.74. The van der Waals surface area contributed by atoms with Gasteiger partial charge in [-0.2, -0.15) is 0 Å². The van der Waals surface area contributed by atoms with Crippen LogP contribution in [0.15, 0.2) is 59.1 Å². The van der Waals surface area contributed by atoms with Crippen LogP contribution in [0.3, 0.4) is 0 Å². The molecule has 0 fully saturated rings. The van der Waals surface area contributed by atoms with E-state index < -0.39 is 0 Å². The zero-order chi connectivity index (χ0) is 19.7. The van der Waals surface area contributed by atoms with E-state index in [4.69, 9.17) is 4.42 Å². The van der Waals surface area contributed by atoms with Crippen molar-refractivity contribution in [1.29, 1.82) is 0 Å². The summed E-state index contributed by atoms with van der Waals surface area (Å²) in [5.41, 5.74) is 2.34. The lowest BCUT2D eigenvalue weighted by atomic mass is 9.99. The number of phenolic OH excluding ortho intramolecular Hbond substituents is 1. The van der Waals surface area contributed by atoms with Crippen LogP contribution >= 0.6 is 0 Å². The SMILES string of the molecule is O=Cc1cccc(-c2cnc(-c3ccc(CO)c4cc(O)ccc34)o2)c1C=O. The van der Waals surface area contributed by atoms with Gasteiger partial charge in [0.05, 0.1) is 12.8 Å². The summed E-state index contributed by atoms with van der Waals surface area (Å²) < 4.78 is 5.90. The highest BCUT2D eigenvalue weighted by Crippen LogP contribution is 2.35. The van der Waals surface area contributed by atoms with Crippen molar-refractivity contribution >= 4 is 23.3 Å². The second-order valence-corrected chi connectivity index (χ2v) is 6.23. The number of carbonyl (C=O) groups excluding carboxylic acids is 2. The van der Waals surface area contributed by atoms with Gasteiger partial charge in [0, 0.05) is 22.3 Å². The van der Waals surface area contributed by atoms with E-state index in [0.717, 1.165) is 5.39 Å². The molecule has 4 rings (SSSR count). The molecule has 4 aromatic rings. The van der Waals surface area contributed by atoms with Crippen molar-refractivity contribution in [2.45, 2.75) is 6.61 Å². The van der Waals surface area contributed by atoms with Gasteiger partial charge < -0.3 is 14.6 Å². The zero-order valence-corrected chi connectivity index (χ0v) is 14.6. The van der Waals surface area contributed by atoms with Crippen molar-refractivity contribution in [2.75, 3.05) is 0 Å². The molecule has 0 amide bonds. The van der Waals surface area contributed by atoms with Crippen molar-refractivity contribution in [3.8, 4) is 28.5 Å². The van der Waals surface area contributed by atoms with Gasteiger partial charge in [0.2, 0.25) is 5.89 Å². The fourth-order valence-corrected chi connectivity index (χ4v) is 3.28. The van der Waals surface area contributed by atoms with Crippen LogP contribution in [0.4, 0.5) is 0 Å². The smallest absolute Gasteiger partial charge is 0.227 e. The lowest BCUT2D eigenvalue weighted by Gasteiger charge is -2.08. The maximum atomic E-state index is 11.5. The van der Waals surface area contributed by atoms with Crippen molar-refractivity contribution < 1.29 is 24.2 Å². The van der Waals surface area contributed by atoms with E-state index in [9.17, 15) is 19.8 Å². The summed E-state index contributed by atoms with van der Waals surface area (Å²) in [7, 11) is 0. The number of aliphatic hydroxyl groups excluding tert-OH is 1. The monoisotopic (exact) mass is 373 g/mol. The number of rotatable bonds is 5. The minimum absolute atomic E-state index is 0.0914. The molecule has 2 N–H and O–H groups in total. The molecule has 0 radical (unpaired) electrons. The predicted octanol–water partition coefficient (Wildman–Crippen LogP) is 3.98. The molecule has 138 valence electrons. The number of phenols is 1. The first kappa shape index (κ1) is 17.6. The summed E-state index contributed by atoms with van der Waals surface area (Å²) in [5, 5.41) is 20.8. The van der Waals surface area contributed by atoms with E-state index >= 15 is 0 Å². The van der Waals surface area contributed by atoms with Crippen LogP contribution in [-0.2, 0) is 6.61 Å². The fourth-order valence-electron chi connectivity index (χ4n) is 3.28. The largest absolute Gasteiger partial charge is 0.508 e. The van der Waals surface area contributed by atoms with E-state index in [0.29, 0.717) is 46.3 Å². The lowest BCUT2D eigenvalue weighted by Crippen LogP contribution is -1.93. The summed E-state index contributed by atoms with van der Waals surface area (Å²) in [5.74, 6) is 0.774. The van der Waals surface area contributed by atoms with Crippen LogP contribution in [0.25, 0.3) is 33.6 Å². The Hall–Kier alpha value is -3.77. The Morgan fingerprint density at radius 1 is 0.964 bits per heavy atom. The normalized spacial score (nSPS) is 10.9. The van der Waals surface area contributed by atoms with Gasteiger partial charge in [0.1, 0.15) is 5.75 Å². The van der Waals surface area contributed by atoms with Gasteiger partial charge in [-0.05, 0) is 40.6 Å². The third-order valence-electron chi connectivity index (χ3n) is 4.65. The van der Waals surface area contributed by atoms with Gasteiger partial charge in [-0.25, -0.2) is 4.98 Å². The van der Waals surface area contributed by atoms with Crippen molar-refractivity contribution in [3.63, 3.8) is 0 Å². The van der Waals surface area contributed by atoms with Crippen LogP contribution in [0.5, 0.6) is 5.75 Å². The molecule has 0 saturated carbocycles. The number of nitrogens with zero attached hydrogens (tertiary/aromatic N) is 1. The van der Waals surface area contributed by atoms with Crippen LogP contribution in [0, 0.1) is 0 Å². The van der Waals surface area contributed by atoms with E-state index in [1.807, 2.05) is 0 Å². The number of aromatic nitrogens is 1. The number of fused-ring (bicyclic) bond motifs is 1. The highest BCUT2D eigenvalue weighted by atomic mass is 16.4. The summed E-state index contributed by atoms with van der Waals surface area (Å²) in [6, 6.07) is 13.3. The van der Waals surface area contributed by atoms with Crippen LogP contribution < -0.4 is 0 Å². The minimum atomic E-state index is -0.168. The number of benzene rings is 3. The molecule has 0 aliphatic carbocycles. The molecule has 0 atom stereocenters. The predicted molar refractivity (Wildman–Crippen MR) is 103 cm³/mol. The van der Waals surface area contributed by atoms with Crippen molar-refractivity contribution in [1.82, 2.24) is 4.98 Å². The molecule has 1 aromatic heterocycles. The lowest BCUT2D eigenvalue weighted by molar-refractivity contribution is 0.109. The molecule has 0 aliphatic rings. The topological polar surface area (TPSA) is 101 Å². The molecule has 0 unspecified atom stereocenters. The molecular weight excluding hydrogens is 358 g/mol. The second-order valence-electron chi connectivity index (χ2n) is 6.23. The standard InChI is InChI=1S/C22H15NO5/c24-10-13-2-1-3-17(20(13)12-26)21-9-23-22(28-21)18-6-4-14(11-25)19-8-15(27)5-7-16(18)19/h1-10,12,25,27H,11H2. The number of aldehydes is 2. The Balaban J connectivity index is 1.88. The maximum absolute atomic E-state index is 11.5. The Bertz CT molecular complexity index is 1210. The fraction of sp³-hybridized carbons (Fsp3) is 0.0455. The first-order valence-corrected chi connectivity index (χ1v) is 8.51. The molecule has 0 aliphatic heterocycles. The second kappa shape index (κ2) is 7.09. The third kappa shape index (κ3) is 2.86. The first-order chi connectivity index (χ1) is 13.7. The molecule has 6 nitrogen and oxygen atoms in total. The maximum Gasteiger partial charge on any atom is 0.227 e. The molecule has 1 heterocycles. The van der Waals surface area contributed by atoms with Gasteiger partial charge in [-0.3, -0.25) is 9.59 Å². The van der Waals surface area contributed by atoms with Crippen molar-refractivity contribution in [2.24, 2.45) is 0 Å². The highest BCUT2D eigenvalue weighted by molar-refractivity contribution is 5.99. The number of hydrogen-bond donors (Lipinski definition) is 2. The van der Waals surface area contributed by atoms with Gasteiger partial charge in [0.25, 0.3) is 0 Å². The van der Waals surface area contributed by atoms with Crippen molar-refractivity contribution in [3.05, 3.63) is 71.4 Å². The summed E-state index contributed by atoms with van der Waals surface area (Å²) in [6.45, 7) is -0.168. The molecule has 0 bridgehead atoms. The minimum Gasteiger partial charge on any atom is -0.508 e. The molecule has 3 aromatic carbocycles. The molecule has 6 heteroatoms. The number of carbonyl (C=O) groups is 2.